The molecule has 1 saturated carbocycles. The SMILES string of the molecule is CC(=O)Nc1ccc(NC(=O)[C@@H]2[C@H](C(=O)O)C2(C)C)cc1. The second kappa shape index (κ2) is 5.20. The highest BCUT2D eigenvalue weighted by Gasteiger charge is 2.65. The van der Waals surface area contributed by atoms with Crippen LogP contribution in [0, 0.1) is 17.3 Å². The van der Waals surface area contributed by atoms with Crippen LogP contribution in [0.25, 0.3) is 0 Å². The maximum absolute atomic E-state index is 12.1. The van der Waals surface area contributed by atoms with Gasteiger partial charge in [0, 0.05) is 18.3 Å². The van der Waals surface area contributed by atoms with E-state index in [1.54, 1.807) is 38.1 Å². The van der Waals surface area contributed by atoms with Crippen LogP contribution in [-0.2, 0) is 14.4 Å². The van der Waals surface area contributed by atoms with Gasteiger partial charge in [0.2, 0.25) is 11.8 Å². The molecule has 0 unspecified atom stereocenters. The predicted octanol–water partition coefficient (Wildman–Crippen LogP) is 1.94. The van der Waals surface area contributed by atoms with E-state index in [9.17, 15) is 14.4 Å². The molecule has 2 atom stereocenters. The number of carboxylic acid groups (broad SMARTS) is 1. The number of nitrogens with one attached hydrogen (secondary N) is 2. The second-order valence-corrected chi connectivity index (χ2v) is 5.86. The lowest BCUT2D eigenvalue weighted by Gasteiger charge is -2.07. The summed E-state index contributed by atoms with van der Waals surface area (Å²) >= 11 is 0. The van der Waals surface area contributed by atoms with Crippen LogP contribution in [0.15, 0.2) is 24.3 Å². The number of amides is 2. The van der Waals surface area contributed by atoms with Gasteiger partial charge in [0.05, 0.1) is 11.8 Å². The average molecular weight is 290 g/mol. The van der Waals surface area contributed by atoms with E-state index in [4.69, 9.17) is 5.11 Å². The molecule has 0 radical (unpaired) electrons. The number of carboxylic acids is 1. The molecule has 0 heterocycles. The van der Waals surface area contributed by atoms with E-state index < -0.39 is 23.2 Å². The van der Waals surface area contributed by atoms with Crippen molar-refractivity contribution in [3.05, 3.63) is 24.3 Å². The average Bonchev–Trinajstić information content (AvgIpc) is 2.94. The molecule has 21 heavy (non-hydrogen) atoms. The molecule has 2 rings (SSSR count). The van der Waals surface area contributed by atoms with Gasteiger partial charge < -0.3 is 15.7 Å². The first-order chi connectivity index (χ1) is 9.73. The highest BCUT2D eigenvalue weighted by molar-refractivity contribution is 6.00. The van der Waals surface area contributed by atoms with E-state index in [0.29, 0.717) is 11.4 Å². The molecule has 6 heteroatoms. The van der Waals surface area contributed by atoms with Crippen molar-refractivity contribution in [3.8, 4) is 0 Å². The molecule has 0 spiro atoms. The maximum Gasteiger partial charge on any atom is 0.307 e. The molecule has 112 valence electrons. The molecule has 0 saturated heterocycles. The van der Waals surface area contributed by atoms with Crippen LogP contribution in [0.2, 0.25) is 0 Å². The molecule has 1 aliphatic rings. The standard InChI is InChI=1S/C15H18N2O4/c1-8(18)16-9-4-6-10(7-5-9)17-13(19)11-12(14(20)21)15(11,2)3/h4-7,11-12H,1-3H3,(H,16,18)(H,17,19)(H,20,21)/t11-,12+/m0/s1. The van der Waals surface area contributed by atoms with Crippen LogP contribution in [0.3, 0.4) is 0 Å². The van der Waals surface area contributed by atoms with Gasteiger partial charge in [0.25, 0.3) is 0 Å². The zero-order valence-corrected chi connectivity index (χ0v) is 12.1. The third-order valence-corrected chi connectivity index (χ3v) is 3.85. The van der Waals surface area contributed by atoms with Crippen molar-refractivity contribution >= 4 is 29.2 Å². The van der Waals surface area contributed by atoms with Crippen LogP contribution in [-0.4, -0.2) is 22.9 Å². The zero-order chi connectivity index (χ0) is 15.8. The number of aliphatic carboxylic acids is 1. The summed E-state index contributed by atoms with van der Waals surface area (Å²) < 4.78 is 0. The van der Waals surface area contributed by atoms with E-state index in [2.05, 4.69) is 10.6 Å². The molecular formula is C15H18N2O4. The Morgan fingerprint density at radius 3 is 1.86 bits per heavy atom. The van der Waals surface area contributed by atoms with Crippen molar-refractivity contribution in [3.63, 3.8) is 0 Å². The Balaban J connectivity index is 2.01. The van der Waals surface area contributed by atoms with Gasteiger partial charge in [0.1, 0.15) is 0 Å². The van der Waals surface area contributed by atoms with Gasteiger partial charge in [-0.15, -0.1) is 0 Å². The van der Waals surface area contributed by atoms with Crippen molar-refractivity contribution in [1.29, 1.82) is 0 Å². The lowest BCUT2D eigenvalue weighted by atomic mass is 10.1. The summed E-state index contributed by atoms with van der Waals surface area (Å²) in [6.07, 6.45) is 0. The topological polar surface area (TPSA) is 95.5 Å². The first kappa shape index (κ1) is 15.0. The van der Waals surface area contributed by atoms with Crippen molar-refractivity contribution in [1.82, 2.24) is 0 Å². The third-order valence-electron chi connectivity index (χ3n) is 3.85. The summed E-state index contributed by atoms with van der Waals surface area (Å²) in [5.41, 5.74) is 0.683. The van der Waals surface area contributed by atoms with E-state index in [1.807, 2.05) is 0 Å². The van der Waals surface area contributed by atoms with Gasteiger partial charge in [-0.2, -0.15) is 0 Å². The minimum atomic E-state index is -0.943. The Hall–Kier alpha value is -2.37. The van der Waals surface area contributed by atoms with Crippen LogP contribution >= 0.6 is 0 Å². The Labute approximate surface area is 122 Å². The Bertz CT molecular complexity index is 592. The van der Waals surface area contributed by atoms with Gasteiger partial charge in [-0.25, -0.2) is 0 Å². The largest absolute Gasteiger partial charge is 0.481 e. The summed E-state index contributed by atoms with van der Waals surface area (Å²) in [7, 11) is 0. The summed E-state index contributed by atoms with van der Waals surface area (Å²) in [4.78, 5) is 34.1. The number of carbonyl (C=O) groups is 3. The number of hydrogen-bond acceptors (Lipinski definition) is 3. The van der Waals surface area contributed by atoms with Gasteiger partial charge in [-0.1, -0.05) is 13.8 Å². The molecule has 1 fully saturated rings. The first-order valence-electron chi connectivity index (χ1n) is 6.65. The summed E-state index contributed by atoms with van der Waals surface area (Å²) in [5.74, 6) is -2.57. The Morgan fingerprint density at radius 2 is 1.48 bits per heavy atom. The maximum atomic E-state index is 12.1. The molecule has 1 aliphatic carbocycles. The van der Waals surface area contributed by atoms with Crippen LogP contribution in [0.1, 0.15) is 20.8 Å². The number of benzene rings is 1. The number of carbonyl (C=O) groups excluding carboxylic acids is 2. The number of rotatable bonds is 4. The smallest absolute Gasteiger partial charge is 0.307 e. The molecule has 3 N–H and O–H groups in total. The Morgan fingerprint density at radius 1 is 1.00 bits per heavy atom. The van der Waals surface area contributed by atoms with Crippen molar-refractivity contribution in [2.75, 3.05) is 10.6 Å². The summed E-state index contributed by atoms with van der Waals surface area (Å²) in [6, 6.07) is 6.66. The summed E-state index contributed by atoms with van der Waals surface area (Å²) in [5, 5.41) is 14.4. The molecule has 0 aromatic heterocycles. The normalized spacial score (nSPS) is 22.2. The Kier molecular flexibility index (Phi) is 3.72. The predicted molar refractivity (Wildman–Crippen MR) is 77.8 cm³/mol. The van der Waals surface area contributed by atoms with E-state index in [1.165, 1.54) is 6.92 Å². The van der Waals surface area contributed by atoms with Gasteiger partial charge >= 0.3 is 5.97 Å². The lowest BCUT2D eigenvalue weighted by molar-refractivity contribution is -0.140. The molecular weight excluding hydrogens is 272 g/mol. The fraction of sp³-hybridized carbons (Fsp3) is 0.400. The fourth-order valence-corrected chi connectivity index (χ4v) is 2.65. The molecule has 6 nitrogen and oxygen atoms in total. The van der Waals surface area contributed by atoms with E-state index in [-0.39, 0.29) is 11.8 Å². The van der Waals surface area contributed by atoms with Crippen LogP contribution in [0.4, 0.5) is 11.4 Å². The lowest BCUT2D eigenvalue weighted by Crippen LogP contribution is -2.17. The molecule has 1 aromatic rings. The highest BCUT2D eigenvalue weighted by atomic mass is 16.4. The molecule has 0 aliphatic heterocycles. The van der Waals surface area contributed by atoms with Gasteiger partial charge in [-0.05, 0) is 29.7 Å². The quantitative estimate of drug-likeness (QED) is 0.789. The van der Waals surface area contributed by atoms with Crippen molar-refractivity contribution in [2.45, 2.75) is 20.8 Å². The molecule has 1 aromatic carbocycles. The molecule has 2 amide bonds. The van der Waals surface area contributed by atoms with E-state index in [0.717, 1.165) is 0 Å². The number of anilines is 2. The van der Waals surface area contributed by atoms with Crippen molar-refractivity contribution < 1.29 is 19.5 Å². The minimum Gasteiger partial charge on any atom is -0.481 e. The minimum absolute atomic E-state index is 0.171. The molecule has 0 bridgehead atoms. The zero-order valence-electron chi connectivity index (χ0n) is 12.1. The van der Waals surface area contributed by atoms with Gasteiger partial charge in [-0.3, -0.25) is 14.4 Å². The fourth-order valence-electron chi connectivity index (χ4n) is 2.65. The van der Waals surface area contributed by atoms with E-state index >= 15 is 0 Å². The van der Waals surface area contributed by atoms with Crippen LogP contribution in [0.5, 0.6) is 0 Å². The second-order valence-electron chi connectivity index (χ2n) is 5.86. The van der Waals surface area contributed by atoms with Crippen LogP contribution < -0.4 is 10.6 Å². The van der Waals surface area contributed by atoms with Gasteiger partial charge in [0.15, 0.2) is 0 Å². The number of hydrogen-bond donors (Lipinski definition) is 3. The summed E-state index contributed by atoms with van der Waals surface area (Å²) in [6.45, 7) is 4.96. The highest BCUT2D eigenvalue weighted by Crippen LogP contribution is 2.58. The first-order valence-corrected chi connectivity index (χ1v) is 6.65. The third kappa shape index (κ3) is 3.04. The monoisotopic (exact) mass is 290 g/mol. The van der Waals surface area contributed by atoms with Crippen molar-refractivity contribution in [2.24, 2.45) is 17.3 Å².